The number of amides is 1. The molecule has 0 aliphatic carbocycles. The van der Waals surface area contributed by atoms with Crippen LogP contribution in [0.4, 0.5) is 0 Å². The number of fused-ring (bicyclic) bond motifs is 3. The second-order valence-corrected chi connectivity index (χ2v) is 8.58. The molecule has 3 heterocycles. The molecule has 5 rings (SSSR count). The molecular weight excluding hydrogens is 418 g/mol. The van der Waals surface area contributed by atoms with Crippen LogP contribution in [-0.2, 0) is 22.5 Å². The Morgan fingerprint density at radius 1 is 1.15 bits per heavy atom. The van der Waals surface area contributed by atoms with Gasteiger partial charge in [0.05, 0.1) is 23.6 Å². The first-order valence-electron chi connectivity index (χ1n) is 11.4. The first-order chi connectivity index (χ1) is 16.1. The quantitative estimate of drug-likeness (QED) is 0.472. The minimum Gasteiger partial charge on any atom is -0.376 e. The van der Waals surface area contributed by atoms with Crippen LogP contribution in [0.25, 0.3) is 16.7 Å². The number of aryl methyl sites for hydroxylation is 2. The predicted molar refractivity (Wildman–Crippen MR) is 125 cm³/mol. The first-order valence-corrected chi connectivity index (χ1v) is 11.4. The predicted octanol–water partition coefficient (Wildman–Crippen LogP) is 2.63. The van der Waals surface area contributed by atoms with E-state index in [4.69, 9.17) is 4.74 Å². The number of benzene rings is 2. The fraction of sp³-hybridized carbons (Fsp3) is 0.360. The molecule has 1 amide bonds. The monoisotopic (exact) mass is 445 g/mol. The highest BCUT2D eigenvalue weighted by molar-refractivity contribution is 5.80. The van der Waals surface area contributed by atoms with Crippen molar-refractivity contribution in [3.8, 4) is 0 Å². The van der Waals surface area contributed by atoms with E-state index in [1.165, 1.54) is 0 Å². The molecule has 0 radical (unpaired) electrons. The molecule has 2 aromatic heterocycles. The van der Waals surface area contributed by atoms with E-state index in [9.17, 15) is 9.59 Å². The molecule has 1 unspecified atom stereocenters. The number of carbonyl (C=O) groups is 1. The number of nitrogens with zero attached hydrogens (tertiary/aromatic N) is 4. The summed E-state index contributed by atoms with van der Waals surface area (Å²) in [5, 5.41) is 12.3. The zero-order chi connectivity index (χ0) is 22.8. The fourth-order valence-electron chi connectivity index (χ4n) is 4.34. The Morgan fingerprint density at radius 3 is 2.76 bits per heavy atom. The van der Waals surface area contributed by atoms with Gasteiger partial charge in [0.15, 0.2) is 0 Å². The second kappa shape index (κ2) is 9.15. The summed E-state index contributed by atoms with van der Waals surface area (Å²) in [5.74, 6) is 1.10. The highest BCUT2D eigenvalue weighted by Crippen LogP contribution is 2.17. The molecule has 0 bridgehead atoms. The Hall–Kier alpha value is -3.52. The Bertz CT molecular complexity index is 1350. The van der Waals surface area contributed by atoms with Gasteiger partial charge in [-0.25, -0.2) is 0 Å². The summed E-state index contributed by atoms with van der Waals surface area (Å²) in [4.78, 5) is 25.7. The van der Waals surface area contributed by atoms with Gasteiger partial charge in [0.2, 0.25) is 11.7 Å². The Balaban J connectivity index is 1.45. The second-order valence-electron chi connectivity index (χ2n) is 8.58. The first kappa shape index (κ1) is 21.3. The molecule has 1 aliphatic rings. The minimum absolute atomic E-state index is 0.0421. The maximum Gasteiger partial charge on any atom is 0.263 e. The standard InChI is InChI=1S/C25H27N5O3/c1-17-8-10-18(11-9-17)16-29-24(32)20-6-2-3-7-21(20)30-22(27-28-25(29)30)12-13-23(31)26-15-19-5-4-14-33-19/h2-3,6-11,19H,4-5,12-16H2,1H3,(H,26,31). The smallest absolute Gasteiger partial charge is 0.263 e. The minimum atomic E-state index is -0.105. The van der Waals surface area contributed by atoms with Crippen LogP contribution in [0.2, 0.25) is 0 Å². The van der Waals surface area contributed by atoms with Crippen LogP contribution in [0.15, 0.2) is 53.3 Å². The maximum absolute atomic E-state index is 13.3. The number of carbonyl (C=O) groups excluding carboxylic acids is 1. The lowest BCUT2D eigenvalue weighted by Crippen LogP contribution is -2.32. The number of nitrogens with one attached hydrogen (secondary N) is 1. The molecule has 2 aromatic carbocycles. The summed E-state index contributed by atoms with van der Waals surface area (Å²) < 4.78 is 9.12. The molecule has 1 atom stereocenters. The number of hydrogen-bond acceptors (Lipinski definition) is 5. The van der Waals surface area contributed by atoms with Crippen molar-refractivity contribution in [1.29, 1.82) is 0 Å². The molecule has 0 saturated carbocycles. The van der Waals surface area contributed by atoms with Crippen LogP contribution in [-0.4, -0.2) is 44.3 Å². The van der Waals surface area contributed by atoms with Gasteiger partial charge >= 0.3 is 0 Å². The van der Waals surface area contributed by atoms with Crippen molar-refractivity contribution >= 4 is 22.6 Å². The van der Waals surface area contributed by atoms with Gasteiger partial charge in [-0.3, -0.25) is 18.6 Å². The molecule has 8 heteroatoms. The van der Waals surface area contributed by atoms with Gasteiger partial charge < -0.3 is 10.1 Å². The highest BCUT2D eigenvalue weighted by Gasteiger charge is 2.19. The zero-order valence-electron chi connectivity index (χ0n) is 18.7. The van der Waals surface area contributed by atoms with E-state index >= 15 is 0 Å². The lowest BCUT2D eigenvalue weighted by molar-refractivity contribution is -0.121. The SMILES string of the molecule is Cc1ccc(Cn2c(=O)c3ccccc3n3c(CCC(=O)NCC4CCCO4)nnc23)cc1. The average Bonchev–Trinajstić information content (AvgIpc) is 3.50. The largest absolute Gasteiger partial charge is 0.376 e. The normalized spacial score (nSPS) is 16.0. The summed E-state index contributed by atoms with van der Waals surface area (Å²) >= 11 is 0. The van der Waals surface area contributed by atoms with Crippen LogP contribution < -0.4 is 10.9 Å². The number of para-hydroxylation sites is 1. The van der Waals surface area contributed by atoms with E-state index in [0.717, 1.165) is 36.1 Å². The van der Waals surface area contributed by atoms with Crippen molar-refractivity contribution in [3.63, 3.8) is 0 Å². The van der Waals surface area contributed by atoms with Crippen molar-refractivity contribution < 1.29 is 9.53 Å². The summed E-state index contributed by atoms with van der Waals surface area (Å²) in [6.45, 7) is 3.74. The van der Waals surface area contributed by atoms with E-state index in [-0.39, 0.29) is 17.6 Å². The van der Waals surface area contributed by atoms with Crippen molar-refractivity contribution in [2.45, 2.75) is 45.3 Å². The lowest BCUT2D eigenvalue weighted by atomic mass is 10.1. The van der Waals surface area contributed by atoms with Gasteiger partial charge in [-0.2, -0.15) is 0 Å². The van der Waals surface area contributed by atoms with Crippen LogP contribution in [0.3, 0.4) is 0 Å². The summed E-state index contributed by atoms with van der Waals surface area (Å²) in [6, 6.07) is 15.6. The Morgan fingerprint density at radius 2 is 1.97 bits per heavy atom. The van der Waals surface area contributed by atoms with Gasteiger partial charge in [0.25, 0.3) is 5.56 Å². The molecule has 4 aromatic rings. The molecular formula is C25H27N5O3. The number of rotatable bonds is 7. The van der Waals surface area contributed by atoms with Crippen LogP contribution in [0.5, 0.6) is 0 Å². The maximum atomic E-state index is 13.3. The third kappa shape index (κ3) is 4.39. The van der Waals surface area contributed by atoms with Gasteiger partial charge in [-0.15, -0.1) is 10.2 Å². The summed E-state index contributed by atoms with van der Waals surface area (Å²) in [5.41, 5.74) is 2.82. The molecule has 1 fully saturated rings. The van der Waals surface area contributed by atoms with E-state index in [1.807, 2.05) is 59.9 Å². The molecule has 1 aliphatic heterocycles. The number of ether oxygens (including phenoxy) is 1. The highest BCUT2D eigenvalue weighted by atomic mass is 16.5. The fourth-order valence-corrected chi connectivity index (χ4v) is 4.34. The van der Waals surface area contributed by atoms with Crippen LogP contribution in [0.1, 0.15) is 36.2 Å². The van der Waals surface area contributed by atoms with Gasteiger partial charge in [-0.1, -0.05) is 42.0 Å². The lowest BCUT2D eigenvalue weighted by Gasteiger charge is -2.12. The third-order valence-corrected chi connectivity index (χ3v) is 6.16. The molecule has 1 saturated heterocycles. The third-order valence-electron chi connectivity index (χ3n) is 6.16. The van der Waals surface area contributed by atoms with Crippen LogP contribution >= 0.6 is 0 Å². The average molecular weight is 446 g/mol. The summed E-state index contributed by atoms with van der Waals surface area (Å²) in [6.07, 6.45) is 2.86. The van der Waals surface area contributed by atoms with E-state index < -0.39 is 0 Å². The Kier molecular flexibility index (Phi) is 5.92. The molecule has 1 N–H and O–H groups in total. The number of aromatic nitrogens is 4. The molecule has 8 nitrogen and oxygen atoms in total. The molecule has 170 valence electrons. The van der Waals surface area contributed by atoms with Crippen molar-refractivity contribution in [2.75, 3.05) is 13.2 Å². The van der Waals surface area contributed by atoms with Crippen molar-refractivity contribution in [2.24, 2.45) is 0 Å². The van der Waals surface area contributed by atoms with E-state index in [0.29, 0.717) is 42.9 Å². The van der Waals surface area contributed by atoms with Crippen molar-refractivity contribution in [3.05, 3.63) is 75.8 Å². The Labute approximate surface area is 191 Å². The van der Waals surface area contributed by atoms with E-state index in [1.54, 1.807) is 4.57 Å². The van der Waals surface area contributed by atoms with Gasteiger partial charge in [0, 0.05) is 26.0 Å². The number of hydrogen-bond donors (Lipinski definition) is 1. The van der Waals surface area contributed by atoms with Crippen molar-refractivity contribution in [1.82, 2.24) is 24.5 Å². The topological polar surface area (TPSA) is 90.5 Å². The zero-order valence-corrected chi connectivity index (χ0v) is 18.7. The van der Waals surface area contributed by atoms with Gasteiger partial charge in [0.1, 0.15) is 5.82 Å². The van der Waals surface area contributed by atoms with E-state index in [2.05, 4.69) is 15.5 Å². The summed E-state index contributed by atoms with van der Waals surface area (Å²) in [7, 11) is 0. The molecule has 33 heavy (non-hydrogen) atoms. The van der Waals surface area contributed by atoms with Gasteiger partial charge in [-0.05, 0) is 37.5 Å². The van der Waals surface area contributed by atoms with Crippen LogP contribution in [0, 0.1) is 6.92 Å². The molecule has 0 spiro atoms.